The third-order valence-electron chi connectivity index (χ3n) is 6.11. The number of rotatable bonds is 2. The Kier molecular flexibility index (Phi) is 2.66. The summed E-state index contributed by atoms with van der Waals surface area (Å²) in [6.07, 6.45) is 0. The normalized spacial score (nSPS) is 35.9. The maximum atomic E-state index is 11.9. The van der Waals surface area contributed by atoms with E-state index in [1.165, 1.54) is 5.56 Å². The standard InChI is InChI=1S/C20H24OSi/c1-19-17(18(19)22(2,3)4)15-12-8-9-13-16(15)20(19,21)14-10-6-5-7-11-14/h5-13,17-18,21H,1-4H3/t17-,18-,19-,20-/m1/s1. The molecule has 2 aromatic rings. The number of hydrogen-bond donors (Lipinski definition) is 1. The molecule has 4 rings (SSSR count). The van der Waals surface area contributed by atoms with Gasteiger partial charge >= 0.3 is 0 Å². The van der Waals surface area contributed by atoms with Crippen LogP contribution in [-0.2, 0) is 5.60 Å². The topological polar surface area (TPSA) is 20.2 Å². The maximum Gasteiger partial charge on any atom is 0.121 e. The molecule has 1 nitrogen and oxygen atoms in total. The van der Waals surface area contributed by atoms with Crippen LogP contribution < -0.4 is 0 Å². The molecule has 0 amide bonds. The number of hydrogen-bond acceptors (Lipinski definition) is 1. The van der Waals surface area contributed by atoms with Gasteiger partial charge in [0, 0.05) is 13.5 Å². The average molecular weight is 308 g/mol. The lowest BCUT2D eigenvalue weighted by Crippen LogP contribution is -2.39. The first kappa shape index (κ1) is 14.2. The molecule has 2 heteroatoms. The Labute approximate surface area is 134 Å². The van der Waals surface area contributed by atoms with Crippen LogP contribution in [0.3, 0.4) is 0 Å². The molecule has 1 saturated carbocycles. The summed E-state index contributed by atoms with van der Waals surface area (Å²) in [4.78, 5) is 0. The molecule has 2 aliphatic rings. The Morgan fingerprint density at radius 1 is 0.909 bits per heavy atom. The predicted octanol–water partition coefficient (Wildman–Crippen LogP) is 4.75. The highest BCUT2D eigenvalue weighted by atomic mass is 28.3. The van der Waals surface area contributed by atoms with Crippen LogP contribution >= 0.6 is 0 Å². The molecule has 22 heavy (non-hydrogen) atoms. The Morgan fingerprint density at radius 2 is 1.50 bits per heavy atom. The third kappa shape index (κ3) is 1.47. The van der Waals surface area contributed by atoms with Gasteiger partial charge in [0.05, 0.1) is 0 Å². The summed E-state index contributed by atoms with van der Waals surface area (Å²) in [7, 11) is -1.34. The zero-order valence-corrected chi connectivity index (χ0v) is 14.8. The van der Waals surface area contributed by atoms with Crippen molar-refractivity contribution in [3.63, 3.8) is 0 Å². The van der Waals surface area contributed by atoms with Crippen LogP contribution in [0.4, 0.5) is 0 Å². The molecule has 0 saturated heterocycles. The van der Waals surface area contributed by atoms with Gasteiger partial charge in [-0.3, -0.25) is 0 Å². The molecule has 0 unspecified atom stereocenters. The maximum absolute atomic E-state index is 11.9. The van der Waals surface area contributed by atoms with Crippen molar-refractivity contribution < 1.29 is 5.11 Å². The molecular weight excluding hydrogens is 284 g/mol. The quantitative estimate of drug-likeness (QED) is 0.794. The van der Waals surface area contributed by atoms with Crippen LogP contribution in [0.2, 0.25) is 25.2 Å². The van der Waals surface area contributed by atoms with Gasteiger partial charge in [0.15, 0.2) is 0 Å². The van der Waals surface area contributed by atoms with Crippen molar-refractivity contribution in [2.24, 2.45) is 5.41 Å². The zero-order chi connectivity index (χ0) is 15.8. The molecule has 4 atom stereocenters. The summed E-state index contributed by atoms with van der Waals surface area (Å²) in [5, 5.41) is 11.9. The summed E-state index contributed by atoms with van der Waals surface area (Å²) in [6.45, 7) is 9.63. The highest BCUT2D eigenvalue weighted by Crippen LogP contribution is 2.84. The van der Waals surface area contributed by atoms with E-state index in [-0.39, 0.29) is 5.41 Å². The van der Waals surface area contributed by atoms with E-state index in [4.69, 9.17) is 0 Å². The van der Waals surface area contributed by atoms with E-state index in [2.05, 4.69) is 63.0 Å². The largest absolute Gasteiger partial charge is 0.380 e. The number of benzene rings is 2. The lowest BCUT2D eigenvalue weighted by atomic mass is 9.77. The van der Waals surface area contributed by atoms with Crippen molar-refractivity contribution in [1.29, 1.82) is 0 Å². The molecule has 0 aromatic heterocycles. The lowest BCUT2D eigenvalue weighted by molar-refractivity contribution is 0.0162. The van der Waals surface area contributed by atoms with Crippen LogP contribution in [0.15, 0.2) is 54.6 Å². The summed E-state index contributed by atoms with van der Waals surface area (Å²) in [5.74, 6) is 0.514. The molecule has 114 valence electrons. The fraction of sp³-hybridized carbons (Fsp3) is 0.400. The second kappa shape index (κ2) is 4.12. The fourth-order valence-corrected chi connectivity index (χ4v) is 9.02. The van der Waals surface area contributed by atoms with Crippen LogP contribution in [0.25, 0.3) is 0 Å². The Hall–Kier alpha value is -1.38. The summed E-state index contributed by atoms with van der Waals surface area (Å²) >= 11 is 0. The fourth-order valence-electron chi connectivity index (χ4n) is 5.40. The highest BCUT2D eigenvalue weighted by molar-refractivity contribution is 6.79. The molecule has 0 aliphatic heterocycles. The van der Waals surface area contributed by atoms with Gasteiger partial charge in [0.2, 0.25) is 0 Å². The predicted molar refractivity (Wildman–Crippen MR) is 93.8 cm³/mol. The van der Waals surface area contributed by atoms with Gasteiger partial charge in [-0.05, 0) is 28.1 Å². The van der Waals surface area contributed by atoms with Crippen molar-refractivity contribution in [2.75, 3.05) is 0 Å². The van der Waals surface area contributed by atoms with Gasteiger partial charge in [0.25, 0.3) is 0 Å². The molecule has 0 heterocycles. The summed E-state index contributed by atoms with van der Waals surface area (Å²) < 4.78 is 0. The van der Waals surface area contributed by atoms with Gasteiger partial charge in [-0.15, -0.1) is 0 Å². The van der Waals surface area contributed by atoms with E-state index in [0.29, 0.717) is 11.5 Å². The minimum atomic E-state index is -1.34. The van der Waals surface area contributed by atoms with E-state index in [0.717, 1.165) is 11.1 Å². The Balaban J connectivity index is 1.98. The molecule has 2 aliphatic carbocycles. The molecule has 2 aromatic carbocycles. The van der Waals surface area contributed by atoms with Gasteiger partial charge in [-0.2, -0.15) is 0 Å². The lowest BCUT2D eigenvalue weighted by Gasteiger charge is -2.37. The van der Waals surface area contributed by atoms with Crippen molar-refractivity contribution in [3.8, 4) is 0 Å². The van der Waals surface area contributed by atoms with Gasteiger partial charge < -0.3 is 5.11 Å². The van der Waals surface area contributed by atoms with Crippen molar-refractivity contribution in [3.05, 3.63) is 71.3 Å². The van der Waals surface area contributed by atoms with Crippen LogP contribution in [-0.4, -0.2) is 13.2 Å². The summed E-state index contributed by atoms with van der Waals surface area (Å²) in [5.41, 5.74) is 3.29. The molecule has 1 fully saturated rings. The summed E-state index contributed by atoms with van der Waals surface area (Å²) in [6, 6.07) is 18.8. The van der Waals surface area contributed by atoms with Crippen LogP contribution in [0.1, 0.15) is 29.5 Å². The van der Waals surface area contributed by atoms with Crippen LogP contribution in [0, 0.1) is 5.41 Å². The smallest absolute Gasteiger partial charge is 0.121 e. The van der Waals surface area contributed by atoms with Gasteiger partial charge in [-0.25, -0.2) is 0 Å². The third-order valence-corrected chi connectivity index (χ3v) is 8.91. The van der Waals surface area contributed by atoms with Gasteiger partial charge in [0.1, 0.15) is 5.60 Å². The van der Waals surface area contributed by atoms with E-state index in [9.17, 15) is 5.11 Å². The molecule has 1 N–H and O–H groups in total. The van der Waals surface area contributed by atoms with Crippen molar-refractivity contribution >= 4 is 8.07 Å². The molecule has 0 radical (unpaired) electrons. The first-order chi connectivity index (χ1) is 10.3. The highest BCUT2D eigenvalue weighted by Gasteiger charge is 2.79. The van der Waals surface area contributed by atoms with Crippen LogP contribution in [0.5, 0.6) is 0 Å². The second-order valence-electron chi connectivity index (χ2n) is 8.27. The molecular formula is C20H24OSi. The zero-order valence-electron chi connectivity index (χ0n) is 13.8. The Morgan fingerprint density at radius 3 is 2.14 bits per heavy atom. The number of fused-ring (bicyclic) bond motifs is 3. The minimum absolute atomic E-state index is 0.0531. The SMILES string of the molecule is C[C@]12[C@H](c3ccccc3[C@]1(O)c1ccccc1)[C@H]2[Si](C)(C)C. The van der Waals surface area contributed by atoms with Crippen molar-refractivity contribution in [2.45, 2.75) is 43.6 Å². The minimum Gasteiger partial charge on any atom is -0.380 e. The molecule has 0 spiro atoms. The number of aliphatic hydroxyl groups is 1. The van der Waals surface area contributed by atoms with Crippen molar-refractivity contribution in [1.82, 2.24) is 0 Å². The van der Waals surface area contributed by atoms with E-state index >= 15 is 0 Å². The first-order valence-corrected chi connectivity index (χ1v) is 11.8. The van der Waals surface area contributed by atoms with E-state index < -0.39 is 13.7 Å². The Bertz CT molecular complexity index is 733. The average Bonchev–Trinajstić information content (AvgIpc) is 3.10. The van der Waals surface area contributed by atoms with E-state index in [1.54, 1.807) is 0 Å². The monoisotopic (exact) mass is 308 g/mol. The van der Waals surface area contributed by atoms with Gasteiger partial charge in [-0.1, -0.05) is 81.2 Å². The first-order valence-electron chi connectivity index (χ1n) is 8.20. The molecule has 0 bridgehead atoms. The van der Waals surface area contributed by atoms with E-state index in [1.807, 2.05) is 18.2 Å². The second-order valence-corrected chi connectivity index (χ2v) is 13.6.